The second-order valence-corrected chi connectivity index (χ2v) is 4.86. The van der Waals surface area contributed by atoms with Crippen molar-refractivity contribution in [3.8, 4) is 5.75 Å². The second-order valence-electron chi connectivity index (χ2n) is 4.86. The first kappa shape index (κ1) is 12.9. The van der Waals surface area contributed by atoms with Crippen molar-refractivity contribution >= 4 is 5.91 Å². The van der Waals surface area contributed by atoms with E-state index in [9.17, 15) is 4.79 Å². The highest BCUT2D eigenvalue weighted by Gasteiger charge is 2.25. The van der Waals surface area contributed by atoms with Gasteiger partial charge in [-0.1, -0.05) is 6.92 Å². The number of carbonyl (C=O) groups excluding carboxylic acids is 1. The molecule has 0 bridgehead atoms. The minimum atomic E-state index is -0.0749. The Balaban J connectivity index is 1.82. The van der Waals surface area contributed by atoms with Crippen molar-refractivity contribution in [1.29, 1.82) is 0 Å². The fourth-order valence-electron chi connectivity index (χ4n) is 1.69. The molecule has 0 spiro atoms. The molecule has 1 aromatic heterocycles. The molecule has 0 radical (unpaired) electrons. The first-order chi connectivity index (χ1) is 8.69. The predicted octanol–water partition coefficient (Wildman–Crippen LogP) is 2.25. The van der Waals surface area contributed by atoms with Gasteiger partial charge in [-0.25, -0.2) is 0 Å². The van der Waals surface area contributed by atoms with Crippen LogP contribution in [0.2, 0.25) is 0 Å². The lowest BCUT2D eigenvalue weighted by molar-refractivity contribution is -0.123. The molecule has 4 nitrogen and oxygen atoms in total. The standard InChI is InChI=1S/C14H20N2O2/c1-3-10(2)16-14(17)9-18-12-6-7-15-13(8-12)11-4-5-11/h6-8,10-11H,3-5,9H2,1-2H3,(H,16,17). The summed E-state index contributed by atoms with van der Waals surface area (Å²) in [5.74, 6) is 1.25. The lowest BCUT2D eigenvalue weighted by atomic mass is 10.2. The smallest absolute Gasteiger partial charge is 0.258 e. The average Bonchev–Trinajstić information content (AvgIpc) is 3.21. The van der Waals surface area contributed by atoms with Gasteiger partial charge >= 0.3 is 0 Å². The third kappa shape index (κ3) is 3.72. The van der Waals surface area contributed by atoms with Gasteiger partial charge in [-0.15, -0.1) is 0 Å². The zero-order valence-electron chi connectivity index (χ0n) is 11.0. The van der Waals surface area contributed by atoms with Crippen molar-refractivity contribution < 1.29 is 9.53 Å². The first-order valence-electron chi connectivity index (χ1n) is 6.57. The maximum atomic E-state index is 11.6. The van der Waals surface area contributed by atoms with E-state index in [0.717, 1.165) is 17.9 Å². The minimum absolute atomic E-state index is 0.0679. The maximum Gasteiger partial charge on any atom is 0.258 e. The van der Waals surface area contributed by atoms with Crippen molar-refractivity contribution in [3.63, 3.8) is 0 Å². The van der Waals surface area contributed by atoms with Crippen molar-refractivity contribution in [1.82, 2.24) is 10.3 Å². The van der Waals surface area contributed by atoms with Gasteiger partial charge in [0.25, 0.3) is 5.91 Å². The SMILES string of the molecule is CCC(C)NC(=O)COc1ccnc(C2CC2)c1. The number of carbonyl (C=O) groups is 1. The summed E-state index contributed by atoms with van der Waals surface area (Å²) in [5, 5.41) is 2.87. The summed E-state index contributed by atoms with van der Waals surface area (Å²) in [5.41, 5.74) is 1.08. The van der Waals surface area contributed by atoms with Gasteiger partial charge in [-0.2, -0.15) is 0 Å². The molecule has 2 rings (SSSR count). The number of nitrogens with zero attached hydrogens (tertiary/aromatic N) is 1. The van der Waals surface area contributed by atoms with Crippen molar-refractivity contribution in [3.05, 3.63) is 24.0 Å². The van der Waals surface area contributed by atoms with E-state index in [2.05, 4.69) is 10.3 Å². The Morgan fingerprint density at radius 2 is 2.39 bits per heavy atom. The highest BCUT2D eigenvalue weighted by Crippen LogP contribution is 2.39. The van der Waals surface area contributed by atoms with Crippen LogP contribution in [-0.2, 0) is 4.79 Å². The molecule has 4 heteroatoms. The Morgan fingerprint density at radius 3 is 3.06 bits per heavy atom. The van der Waals surface area contributed by atoms with Gasteiger partial charge in [0.15, 0.2) is 6.61 Å². The lowest BCUT2D eigenvalue weighted by Crippen LogP contribution is -2.35. The van der Waals surface area contributed by atoms with Crippen molar-refractivity contribution in [2.45, 2.75) is 45.1 Å². The topological polar surface area (TPSA) is 51.2 Å². The monoisotopic (exact) mass is 248 g/mol. The predicted molar refractivity (Wildman–Crippen MR) is 69.6 cm³/mol. The summed E-state index contributed by atoms with van der Waals surface area (Å²) in [6, 6.07) is 3.93. The van der Waals surface area contributed by atoms with Crippen LogP contribution in [0.15, 0.2) is 18.3 Å². The molecule has 0 saturated heterocycles. The third-order valence-electron chi connectivity index (χ3n) is 3.14. The van der Waals surface area contributed by atoms with E-state index < -0.39 is 0 Å². The van der Waals surface area contributed by atoms with Crippen molar-refractivity contribution in [2.75, 3.05) is 6.61 Å². The molecule has 1 fully saturated rings. The van der Waals surface area contributed by atoms with Crippen LogP contribution in [-0.4, -0.2) is 23.5 Å². The van der Waals surface area contributed by atoms with Crippen LogP contribution in [0.5, 0.6) is 5.75 Å². The number of nitrogens with one attached hydrogen (secondary N) is 1. The van der Waals surface area contributed by atoms with E-state index in [4.69, 9.17) is 4.74 Å². The molecular weight excluding hydrogens is 228 g/mol. The Kier molecular flexibility index (Phi) is 4.18. The summed E-state index contributed by atoms with van der Waals surface area (Å²) < 4.78 is 5.48. The van der Waals surface area contributed by atoms with E-state index in [-0.39, 0.29) is 18.6 Å². The van der Waals surface area contributed by atoms with E-state index in [1.807, 2.05) is 19.9 Å². The third-order valence-corrected chi connectivity index (χ3v) is 3.14. The number of hydrogen-bond donors (Lipinski definition) is 1. The molecule has 1 N–H and O–H groups in total. The Bertz CT molecular complexity index is 416. The lowest BCUT2D eigenvalue weighted by Gasteiger charge is -2.12. The number of aromatic nitrogens is 1. The van der Waals surface area contributed by atoms with E-state index in [1.54, 1.807) is 12.3 Å². The van der Waals surface area contributed by atoms with Gasteiger partial charge in [0, 0.05) is 29.9 Å². The fraction of sp³-hybridized carbons (Fsp3) is 0.571. The van der Waals surface area contributed by atoms with Gasteiger partial charge < -0.3 is 10.1 Å². The largest absolute Gasteiger partial charge is 0.484 e. The van der Waals surface area contributed by atoms with Gasteiger partial charge in [0.1, 0.15) is 5.75 Å². The molecule has 1 heterocycles. The van der Waals surface area contributed by atoms with Crippen LogP contribution in [0.4, 0.5) is 0 Å². The van der Waals surface area contributed by atoms with Gasteiger partial charge in [-0.3, -0.25) is 9.78 Å². The molecule has 1 aliphatic rings. The molecule has 1 amide bonds. The molecule has 0 aromatic carbocycles. The summed E-state index contributed by atoms with van der Waals surface area (Å²) in [6.07, 6.45) is 5.10. The molecule has 1 aromatic rings. The normalized spacial score (nSPS) is 16.1. The van der Waals surface area contributed by atoms with Crippen LogP contribution in [0.1, 0.15) is 44.7 Å². The zero-order valence-corrected chi connectivity index (χ0v) is 11.0. The average molecular weight is 248 g/mol. The molecule has 0 aliphatic heterocycles. The Labute approximate surface area is 108 Å². The summed E-state index contributed by atoms with van der Waals surface area (Å²) in [6.45, 7) is 4.09. The zero-order chi connectivity index (χ0) is 13.0. The molecule has 98 valence electrons. The molecular formula is C14H20N2O2. The highest BCUT2D eigenvalue weighted by atomic mass is 16.5. The fourth-order valence-corrected chi connectivity index (χ4v) is 1.69. The number of amides is 1. The highest BCUT2D eigenvalue weighted by molar-refractivity contribution is 5.77. The molecule has 1 unspecified atom stereocenters. The number of ether oxygens (including phenoxy) is 1. The van der Waals surface area contributed by atoms with Crippen LogP contribution in [0.25, 0.3) is 0 Å². The quantitative estimate of drug-likeness (QED) is 0.840. The number of hydrogen-bond acceptors (Lipinski definition) is 3. The number of rotatable bonds is 6. The molecule has 1 atom stereocenters. The first-order valence-corrected chi connectivity index (χ1v) is 6.57. The van der Waals surface area contributed by atoms with Crippen LogP contribution < -0.4 is 10.1 Å². The van der Waals surface area contributed by atoms with Gasteiger partial charge in [-0.05, 0) is 32.3 Å². The van der Waals surface area contributed by atoms with Crippen LogP contribution in [0.3, 0.4) is 0 Å². The molecule has 18 heavy (non-hydrogen) atoms. The Morgan fingerprint density at radius 1 is 1.61 bits per heavy atom. The van der Waals surface area contributed by atoms with E-state index >= 15 is 0 Å². The Hall–Kier alpha value is -1.58. The molecule has 1 saturated carbocycles. The minimum Gasteiger partial charge on any atom is -0.484 e. The number of pyridine rings is 1. The van der Waals surface area contributed by atoms with Crippen LogP contribution >= 0.6 is 0 Å². The van der Waals surface area contributed by atoms with E-state index in [0.29, 0.717) is 5.92 Å². The van der Waals surface area contributed by atoms with Gasteiger partial charge in [0.2, 0.25) is 0 Å². The summed E-state index contributed by atoms with van der Waals surface area (Å²) in [4.78, 5) is 15.9. The summed E-state index contributed by atoms with van der Waals surface area (Å²) >= 11 is 0. The van der Waals surface area contributed by atoms with Gasteiger partial charge in [0.05, 0.1) is 0 Å². The maximum absolute atomic E-state index is 11.6. The second kappa shape index (κ2) is 5.85. The van der Waals surface area contributed by atoms with Crippen LogP contribution in [0, 0.1) is 0 Å². The van der Waals surface area contributed by atoms with Crippen molar-refractivity contribution in [2.24, 2.45) is 0 Å². The molecule has 1 aliphatic carbocycles. The summed E-state index contributed by atoms with van der Waals surface area (Å²) in [7, 11) is 0. The van der Waals surface area contributed by atoms with E-state index in [1.165, 1.54) is 12.8 Å².